The van der Waals surface area contributed by atoms with Gasteiger partial charge in [0.15, 0.2) is 0 Å². The maximum Gasteiger partial charge on any atom is 0.241 e. The Morgan fingerprint density at radius 2 is 2.38 bits per heavy atom. The van der Waals surface area contributed by atoms with E-state index in [1.54, 1.807) is 0 Å². The quantitative estimate of drug-likeness (QED) is 0.511. The van der Waals surface area contributed by atoms with E-state index in [0.717, 1.165) is 0 Å². The lowest BCUT2D eigenvalue weighted by Crippen LogP contribution is -2.14. The second kappa shape index (κ2) is 6.70. The van der Waals surface area contributed by atoms with Crippen molar-refractivity contribution in [2.45, 2.75) is 11.4 Å². The number of thioether (sulfide) groups is 1. The number of anilines is 1. The van der Waals surface area contributed by atoms with E-state index in [1.807, 2.05) is 6.26 Å². The highest BCUT2D eigenvalue weighted by Gasteiger charge is 2.13. The van der Waals surface area contributed by atoms with Crippen LogP contribution < -0.4 is 10.1 Å². The van der Waals surface area contributed by atoms with Gasteiger partial charge in [-0.05, 0) is 6.26 Å². The monoisotopic (exact) mass is 305 g/mol. The standard InChI is InChI=1S/C9H12BrN3O2S/c1-15-8-7(13-6(14)3-4-10)9(16-2)12-5-11-8/h5H,3-4H2,1-2H3,(H,13,14). The molecule has 0 aliphatic carbocycles. The molecule has 0 aliphatic rings. The van der Waals surface area contributed by atoms with Gasteiger partial charge in [-0.2, -0.15) is 4.98 Å². The molecule has 0 atom stereocenters. The molecule has 1 N–H and O–H groups in total. The number of ether oxygens (including phenoxy) is 1. The van der Waals surface area contributed by atoms with Crippen LogP contribution in [0.5, 0.6) is 5.88 Å². The number of nitrogens with zero attached hydrogens (tertiary/aromatic N) is 2. The van der Waals surface area contributed by atoms with Crippen LogP contribution in [0, 0.1) is 0 Å². The Morgan fingerprint density at radius 1 is 1.62 bits per heavy atom. The Balaban J connectivity index is 2.95. The summed E-state index contributed by atoms with van der Waals surface area (Å²) in [5, 5.41) is 4.05. The molecule has 1 aromatic rings. The van der Waals surface area contributed by atoms with Crippen LogP contribution in [0.3, 0.4) is 0 Å². The number of methoxy groups -OCH3 is 1. The van der Waals surface area contributed by atoms with Crippen molar-refractivity contribution in [3.05, 3.63) is 6.33 Å². The molecule has 5 nitrogen and oxygen atoms in total. The van der Waals surface area contributed by atoms with Crippen LogP contribution in [0.1, 0.15) is 6.42 Å². The minimum atomic E-state index is -0.0970. The molecular formula is C9H12BrN3O2S. The summed E-state index contributed by atoms with van der Waals surface area (Å²) in [6, 6.07) is 0. The zero-order valence-corrected chi connectivity index (χ0v) is 11.4. The first-order valence-corrected chi connectivity index (χ1v) is 6.86. The summed E-state index contributed by atoms with van der Waals surface area (Å²) in [7, 11) is 1.51. The van der Waals surface area contributed by atoms with Crippen molar-refractivity contribution < 1.29 is 9.53 Å². The van der Waals surface area contributed by atoms with Gasteiger partial charge in [-0.25, -0.2) is 4.98 Å². The molecule has 0 aromatic carbocycles. The molecule has 16 heavy (non-hydrogen) atoms. The molecule has 0 bridgehead atoms. The van der Waals surface area contributed by atoms with Crippen LogP contribution in [0.25, 0.3) is 0 Å². The number of amides is 1. The Bertz CT molecular complexity index is 354. The Labute approximate surface area is 107 Å². The van der Waals surface area contributed by atoms with E-state index in [1.165, 1.54) is 25.2 Å². The van der Waals surface area contributed by atoms with Crippen molar-refractivity contribution in [2.75, 3.05) is 24.0 Å². The summed E-state index contributed by atoms with van der Waals surface area (Å²) < 4.78 is 5.08. The molecule has 1 rings (SSSR count). The number of halogens is 1. The first-order valence-electron chi connectivity index (χ1n) is 4.51. The summed E-state index contributed by atoms with van der Waals surface area (Å²) in [6.45, 7) is 0. The lowest BCUT2D eigenvalue weighted by molar-refractivity contribution is -0.115. The predicted octanol–water partition coefficient (Wildman–Crippen LogP) is 1.93. The molecule has 1 amide bonds. The Kier molecular flexibility index (Phi) is 5.54. The van der Waals surface area contributed by atoms with Gasteiger partial charge in [0.25, 0.3) is 0 Å². The van der Waals surface area contributed by atoms with Gasteiger partial charge in [0.1, 0.15) is 17.0 Å². The first-order chi connectivity index (χ1) is 7.72. The number of alkyl halides is 1. The van der Waals surface area contributed by atoms with Gasteiger partial charge in [0.2, 0.25) is 11.8 Å². The summed E-state index contributed by atoms with van der Waals surface area (Å²) in [4.78, 5) is 19.5. The highest BCUT2D eigenvalue weighted by molar-refractivity contribution is 9.09. The first kappa shape index (κ1) is 13.2. The van der Waals surface area contributed by atoms with E-state index < -0.39 is 0 Å². The maximum absolute atomic E-state index is 11.5. The molecule has 0 saturated heterocycles. The minimum Gasteiger partial charge on any atom is -0.479 e. The van der Waals surface area contributed by atoms with Gasteiger partial charge in [0, 0.05) is 11.8 Å². The van der Waals surface area contributed by atoms with E-state index >= 15 is 0 Å². The summed E-state index contributed by atoms with van der Waals surface area (Å²) in [5.74, 6) is 0.280. The third-order valence-electron chi connectivity index (χ3n) is 1.75. The lowest BCUT2D eigenvalue weighted by Gasteiger charge is -2.10. The van der Waals surface area contributed by atoms with Crippen molar-refractivity contribution in [2.24, 2.45) is 0 Å². The van der Waals surface area contributed by atoms with E-state index in [-0.39, 0.29) is 5.91 Å². The topological polar surface area (TPSA) is 64.1 Å². The second-order valence-corrected chi connectivity index (χ2v) is 4.34. The van der Waals surface area contributed by atoms with E-state index in [4.69, 9.17) is 4.74 Å². The SMILES string of the molecule is COc1ncnc(SC)c1NC(=O)CCBr. The molecule has 0 fully saturated rings. The van der Waals surface area contributed by atoms with Crippen LogP contribution in [-0.4, -0.2) is 34.6 Å². The van der Waals surface area contributed by atoms with E-state index in [9.17, 15) is 4.79 Å². The Hall–Kier alpha value is -0.820. The van der Waals surface area contributed by atoms with Gasteiger partial charge < -0.3 is 10.1 Å². The molecule has 0 saturated carbocycles. The average Bonchev–Trinajstić information content (AvgIpc) is 2.29. The molecule has 1 aromatic heterocycles. The lowest BCUT2D eigenvalue weighted by atomic mass is 10.4. The molecule has 0 aliphatic heterocycles. The Morgan fingerprint density at radius 3 is 2.94 bits per heavy atom. The van der Waals surface area contributed by atoms with Crippen LogP contribution in [0.15, 0.2) is 11.4 Å². The predicted molar refractivity (Wildman–Crippen MR) is 67.4 cm³/mol. The van der Waals surface area contributed by atoms with Gasteiger partial charge in [-0.3, -0.25) is 4.79 Å². The fourth-order valence-electron chi connectivity index (χ4n) is 1.06. The molecule has 7 heteroatoms. The zero-order chi connectivity index (χ0) is 12.0. The number of rotatable bonds is 5. The van der Waals surface area contributed by atoms with Crippen LogP contribution >= 0.6 is 27.7 Å². The van der Waals surface area contributed by atoms with Crippen molar-refractivity contribution in [1.29, 1.82) is 0 Å². The summed E-state index contributed by atoms with van der Waals surface area (Å²) >= 11 is 4.63. The molecular weight excluding hydrogens is 294 g/mol. The number of aromatic nitrogens is 2. The van der Waals surface area contributed by atoms with E-state index in [2.05, 4.69) is 31.2 Å². The largest absolute Gasteiger partial charge is 0.479 e. The number of nitrogens with one attached hydrogen (secondary N) is 1. The highest BCUT2D eigenvalue weighted by Crippen LogP contribution is 2.30. The van der Waals surface area contributed by atoms with E-state index in [0.29, 0.717) is 28.3 Å². The van der Waals surface area contributed by atoms with Crippen molar-refractivity contribution in [3.8, 4) is 5.88 Å². The fraction of sp³-hybridized carbons (Fsp3) is 0.444. The van der Waals surface area contributed by atoms with Crippen LogP contribution in [0.4, 0.5) is 5.69 Å². The fourth-order valence-corrected chi connectivity index (χ4v) is 1.91. The van der Waals surface area contributed by atoms with Gasteiger partial charge >= 0.3 is 0 Å². The molecule has 1 heterocycles. The highest BCUT2D eigenvalue weighted by atomic mass is 79.9. The third-order valence-corrected chi connectivity index (χ3v) is 2.84. The maximum atomic E-state index is 11.5. The molecule has 0 unspecified atom stereocenters. The number of carbonyl (C=O) groups excluding carboxylic acids is 1. The summed E-state index contributed by atoms with van der Waals surface area (Å²) in [6.07, 6.45) is 3.68. The average molecular weight is 306 g/mol. The number of carbonyl (C=O) groups is 1. The minimum absolute atomic E-state index is 0.0970. The zero-order valence-electron chi connectivity index (χ0n) is 8.99. The van der Waals surface area contributed by atoms with Crippen LogP contribution in [0.2, 0.25) is 0 Å². The molecule has 0 radical (unpaired) electrons. The molecule has 88 valence electrons. The second-order valence-electron chi connectivity index (χ2n) is 2.75. The third kappa shape index (κ3) is 3.34. The smallest absolute Gasteiger partial charge is 0.241 e. The number of hydrogen-bond acceptors (Lipinski definition) is 5. The van der Waals surface area contributed by atoms with Gasteiger partial charge in [0.05, 0.1) is 7.11 Å². The van der Waals surface area contributed by atoms with Crippen molar-refractivity contribution >= 4 is 39.3 Å². The van der Waals surface area contributed by atoms with Crippen LogP contribution in [-0.2, 0) is 4.79 Å². The van der Waals surface area contributed by atoms with Crippen molar-refractivity contribution in [1.82, 2.24) is 9.97 Å². The van der Waals surface area contributed by atoms with Gasteiger partial charge in [-0.15, -0.1) is 11.8 Å². The van der Waals surface area contributed by atoms with Gasteiger partial charge in [-0.1, -0.05) is 15.9 Å². The number of hydrogen-bond donors (Lipinski definition) is 1. The normalized spacial score (nSPS) is 9.94. The summed E-state index contributed by atoms with van der Waals surface area (Å²) in [5.41, 5.74) is 0.531. The van der Waals surface area contributed by atoms with Crippen molar-refractivity contribution in [3.63, 3.8) is 0 Å². The molecule has 0 spiro atoms.